The zero-order chi connectivity index (χ0) is 7.98. The van der Waals surface area contributed by atoms with Gasteiger partial charge in [-0.05, 0) is 6.92 Å². The minimum Gasteiger partial charge on any atom is -0.467 e. The van der Waals surface area contributed by atoms with E-state index in [-0.39, 0.29) is 12.2 Å². The van der Waals surface area contributed by atoms with Crippen molar-refractivity contribution in [1.29, 1.82) is 0 Å². The molecule has 0 saturated carbocycles. The van der Waals surface area contributed by atoms with Crippen LogP contribution in [0.2, 0.25) is 5.28 Å². The van der Waals surface area contributed by atoms with Crippen molar-refractivity contribution in [2.45, 2.75) is 18.6 Å². The molecular formula is C6H11AlO3. The number of carbonyl (C=O) groups excluding carboxylic acids is 2. The van der Waals surface area contributed by atoms with Crippen LogP contribution in [0.25, 0.3) is 0 Å². The first-order chi connectivity index (χ1) is 4.66. The van der Waals surface area contributed by atoms with E-state index in [4.69, 9.17) is 0 Å². The summed E-state index contributed by atoms with van der Waals surface area (Å²) < 4.78 is 4.68. The molecule has 0 amide bonds. The van der Waals surface area contributed by atoms with E-state index >= 15 is 0 Å². The molecule has 0 aliphatic carbocycles. The normalized spacial score (nSPS) is 8.90. The van der Waals surface area contributed by atoms with E-state index in [0.717, 1.165) is 21.6 Å². The van der Waals surface area contributed by atoms with Crippen LogP contribution in [0.15, 0.2) is 0 Å². The van der Waals surface area contributed by atoms with Crippen LogP contribution in [0.1, 0.15) is 13.3 Å². The molecule has 0 bridgehead atoms. The predicted octanol–water partition coefficient (Wildman–Crippen LogP) is -0.440. The third kappa shape index (κ3) is 5.80. The Morgan fingerprint density at radius 1 is 1.50 bits per heavy atom. The Labute approximate surface area is 68.2 Å². The molecule has 0 radical (unpaired) electrons. The highest BCUT2D eigenvalue weighted by Crippen LogP contribution is 1.88. The molecule has 0 aromatic heterocycles. The summed E-state index contributed by atoms with van der Waals surface area (Å²) in [6, 6.07) is 0. The molecule has 0 aliphatic rings. The molecule has 0 spiro atoms. The van der Waals surface area contributed by atoms with Gasteiger partial charge in [0.05, 0.1) is 6.61 Å². The van der Waals surface area contributed by atoms with Crippen LogP contribution in [-0.4, -0.2) is 34.6 Å². The molecule has 10 heavy (non-hydrogen) atoms. The zero-order valence-corrected chi connectivity index (χ0v) is 8.35. The summed E-state index contributed by atoms with van der Waals surface area (Å²) in [7, 11) is 0. The van der Waals surface area contributed by atoms with Crippen LogP contribution < -0.4 is 0 Å². The van der Waals surface area contributed by atoms with Gasteiger partial charge >= 0.3 is 5.97 Å². The van der Waals surface area contributed by atoms with Crippen LogP contribution in [0.3, 0.4) is 0 Å². The number of hydrogen-bond acceptors (Lipinski definition) is 3. The number of carbonyl (C=O) groups is 2. The van der Waals surface area contributed by atoms with Crippen LogP contribution in [0.5, 0.6) is 0 Å². The first-order valence-electron chi connectivity index (χ1n) is 3.32. The minimum absolute atomic E-state index is 0.0818. The van der Waals surface area contributed by atoms with Gasteiger partial charge in [-0.15, -0.1) is 0 Å². The fourth-order valence-electron chi connectivity index (χ4n) is 0.470. The van der Waals surface area contributed by atoms with Crippen molar-refractivity contribution in [2.75, 3.05) is 6.61 Å². The monoisotopic (exact) mass is 158 g/mol. The van der Waals surface area contributed by atoms with Gasteiger partial charge in [-0.2, -0.15) is 0 Å². The molecule has 0 atom stereocenters. The summed E-state index contributed by atoms with van der Waals surface area (Å²) in [6.07, 6.45) is -0.0818. The summed E-state index contributed by atoms with van der Waals surface area (Å²) in [5, 5.41) is 0.934. The van der Waals surface area contributed by atoms with E-state index in [1.54, 1.807) is 0 Å². The largest absolute Gasteiger partial charge is 0.467 e. The average Bonchev–Trinajstić information content (AvgIpc) is 1.82. The van der Waals surface area contributed by atoms with Gasteiger partial charge in [0.25, 0.3) is 0 Å². The molecule has 0 rings (SSSR count). The number of ketones is 1. The third-order valence-corrected chi connectivity index (χ3v) is 1.27. The third-order valence-electron chi connectivity index (χ3n) is 0.860. The maximum absolute atomic E-state index is 10.6. The fourth-order valence-corrected chi connectivity index (χ4v) is 0.674. The van der Waals surface area contributed by atoms with Crippen molar-refractivity contribution >= 4 is 28.0 Å². The average molecular weight is 158 g/mol. The first kappa shape index (κ1) is 9.67. The summed E-state index contributed by atoms with van der Waals surface area (Å²) >= 11 is 1.03. The summed E-state index contributed by atoms with van der Waals surface area (Å²) in [4.78, 5) is 20.9. The minimum atomic E-state index is -0.400. The maximum atomic E-state index is 10.6. The zero-order valence-electron chi connectivity index (χ0n) is 6.35. The molecule has 0 unspecified atom stereocenters. The topological polar surface area (TPSA) is 43.4 Å². The van der Waals surface area contributed by atoms with Gasteiger partial charge in [-0.1, -0.05) is 5.28 Å². The molecule has 0 aromatic rings. The van der Waals surface area contributed by atoms with Gasteiger partial charge in [-0.25, -0.2) is 0 Å². The molecular weight excluding hydrogens is 147 g/mol. The second kappa shape index (κ2) is 5.46. The smallest absolute Gasteiger partial charge is 0.313 e. The summed E-state index contributed by atoms with van der Waals surface area (Å²) in [6.45, 7) is 1.85. The van der Waals surface area contributed by atoms with E-state index in [1.807, 2.05) is 0 Å². The van der Waals surface area contributed by atoms with Crippen molar-refractivity contribution in [2.24, 2.45) is 0 Å². The summed E-state index contributed by atoms with van der Waals surface area (Å²) in [5.41, 5.74) is 0. The number of Topliss-reactive ketones (excluding diaryl/α,β-unsaturated/α-hetero) is 1. The highest BCUT2D eigenvalue weighted by Gasteiger charge is 2.04. The molecule has 0 aliphatic heterocycles. The second-order valence-corrected chi connectivity index (χ2v) is 3.10. The standard InChI is InChI=1S/C6H9O3.Al.2H/c1-3-9-6(8)4-5(2)7;;;/h1,3-4H2,2H3;;;. The Balaban J connectivity index is 3.35. The number of hydrogen-bond donors (Lipinski definition) is 0. The molecule has 0 saturated heterocycles. The van der Waals surface area contributed by atoms with Gasteiger partial charge < -0.3 is 4.74 Å². The molecule has 0 fully saturated rings. The number of rotatable bonds is 4. The van der Waals surface area contributed by atoms with E-state index < -0.39 is 5.97 Å². The lowest BCUT2D eigenvalue weighted by Gasteiger charge is -1.98. The number of ether oxygens (including phenoxy) is 1. The first-order valence-corrected chi connectivity index (χ1v) is 4.73. The Hall–Kier alpha value is -0.328. The molecule has 0 heterocycles. The predicted molar refractivity (Wildman–Crippen MR) is 39.6 cm³/mol. The quantitative estimate of drug-likeness (QED) is 0.316. The van der Waals surface area contributed by atoms with Gasteiger partial charge in [0.15, 0.2) is 0 Å². The van der Waals surface area contributed by atoms with Gasteiger partial charge in [0.2, 0.25) is 16.3 Å². The molecule has 4 heteroatoms. The van der Waals surface area contributed by atoms with E-state index in [2.05, 4.69) is 4.74 Å². The highest BCUT2D eigenvalue weighted by molar-refractivity contribution is 6.08. The Bertz CT molecular complexity index is 133. The maximum Gasteiger partial charge on any atom is 0.313 e. The van der Waals surface area contributed by atoms with E-state index in [9.17, 15) is 9.59 Å². The van der Waals surface area contributed by atoms with Crippen molar-refractivity contribution < 1.29 is 14.3 Å². The van der Waals surface area contributed by atoms with Crippen molar-refractivity contribution in [3.63, 3.8) is 0 Å². The van der Waals surface area contributed by atoms with Gasteiger partial charge in [-0.3, -0.25) is 9.59 Å². The lowest BCUT2D eigenvalue weighted by Crippen LogP contribution is -2.09. The Kier molecular flexibility index (Phi) is 5.28. The Morgan fingerprint density at radius 2 is 2.10 bits per heavy atom. The van der Waals surface area contributed by atoms with Gasteiger partial charge in [0.1, 0.15) is 12.2 Å². The van der Waals surface area contributed by atoms with Crippen LogP contribution in [-0.2, 0) is 14.3 Å². The molecule has 0 N–H and O–H groups in total. The lowest BCUT2D eigenvalue weighted by molar-refractivity contribution is -0.145. The van der Waals surface area contributed by atoms with Crippen molar-refractivity contribution in [3.05, 3.63) is 0 Å². The Morgan fingerprint density at radius 3 is 2.50 bits per heavy atom. The van der Waals surface area contributed by atoms with E-state index in [1.165, 1.54) is 6.92 Å². The van der Waals surface area contributed by atoms with Crippen LogP contribution in [0, 0.1) is 0 Å². The van der Waals surface area contributed by atoms with Crippen LogP contribution >= 0.6 is 0 Å². The number of esters is 1. The van der Waals surface area contributed by atoms with Gasteiger partial charge in [0, 0.05) is 0 Å². The fraction of sp³-hybridized carbons (Fsp3) is 0.667. The molecule has 56 valence electrons. The highest BCUT2D eigenvalue weighted by atomic mass is 27.0. The van der Waals surface area contributed by atoms with Crippen LogP contribution in [0.4, 0.5) is 0 Å². The van der Waals surface area contributed by atoms with Crippen molar-refractivity contribution in [1.82, 2.24) is 0 Å². The second-order valence-electron chi connectivity index (χ2n) is 2.10. The molecule has 3 nitrogen and oxygen atoms in total. The molecule has 0 aromatic carbocycles. The summed E-state index contributed by atoms with van der Waals surface area (Å²) in [5.74, 6) is -0.540. The van der Waals surface area contributed by atoms with E-state index in [0.29, 0.717) is 6.61 Å². The van der Waals surface area contributed by atoms with Crippen molar-refractivity contribution in [3.8, 4) is 0 Å². The lowest BCUT2D eigenvalue weighted by atomic mass is 10.3. The SMILES string of the molecule is CC(=O)CC(=O)OC[CH2][AlH2].